The number of rotatable bonds is 3. The molecule has 8 heteroatoms. The second-order valence-corrected chi connectivity index (χ2v) is 8.34. The van der Waals surface area contributed by atoms with Crippen LogP contribution in [-0.4, -0.2) is 30.3 Å². The molecule has 0 saturated heterocycles. The molecule has 1 aromatic heterocycles. The Hall–Kier alpha value is -3.13. The summed E-state index contributed by atoms with van der Waals surface area (Å²) in [4.78, 5) is 29.7. The minimum absolute atomic E-state index is 0.0492. The number of hydrogen-bond acceptors (Lipinski definition) is 6. The lowest BCUT2D eigenvalue weighted by molar-refractivity contribution is -0.141. The number of esters is 1. The minimum Gasteiger partial charge on any atom is -0.468 e. The van der Waals surface area contributed by atoms with Gasteiger partial charge < -0.3 is 18.8 Å². The van der Waals surface area contributed by atoms with Gasteiger partial charge in [0, 0.05) is 17.7 Å². The zero-order valence-corrected chi connectivity index (χ0v) is 17.3. The van der Waals surface area contributed by atoms with E-state index in [1.165, 1.54) is 36.0 Å². The first kappa shape index (κ1) is 18.9. The number of benzene rings is 2. The summed E-state index contributed by atoms with van der Waals surface area (Å²) in [7, 11) is 1.33. The van der Waals surface area contributed by atoms with Gasteiger partial charge in [0.2, 0.25) is 6.79 Å². The van der Waals surface area contributed by atoms with Crippen LogP contribution in [0.25, 0.3) is 10.2 Å². The van der Waals surface area contributed by atoms with Gasteiger partial charge in [-0.25, -0.2) is 0 Å². The van der Waals surface area contributed by atoms with Crippen molar-refractivity contribution < 1.29 is 23.8 Å². The highest BCUT2D eigenvalue weighted by molar-refractivity contribution is 7.16. The fourth-order valence-corrected chi connectivity index (χ4v) is 4.95. The predicted molar refractivity (Wildman–Crippen MR) is 111 cm³/mol. The molecular weight excluding hydrogens is 404 g/mol. The van der Waals surface area contributed by atoms with E-state index in [0.29, 0.717) is 21.9 Å². The number of methoxy groups -OCH3 is 1. The second-order valence-electron chi connectivity index (χ2n) is 7.33. The third kappa shape index (κ3) is 3.37. The van der Waals surface area contributed by atoms with Gasteiger partial charge in [0.05, 0.1) is 17.3 Å². The Bertz CT molecular complexity index is 1240. The number of nitrogens with zero attached hydrogens (tertiary/aromatic N) is 2. The highest BCUT2D eigenvalue weighted by atomic mass is 32.1. The van der Waals surface area contributed by atoms with E-state index in [-0.39, 0.29) is 19.2 Å². The van der Waals surface area contributed by atoms with Gasteiger partial charge in [0.15, 0.2) is 16.3 Å². The average molecular weight is 424 g/mol. The summed E-state index contributed by atoms with van der Waals surface area (Å²) >= 11 is 1.33. The Morgan fingerprint density at radius 1 is 1.10 bits per heavy atom. The number of hydrogen-bond donors (Lipinski definition) is 0. The number of amides is 1. The van der Waals surface area contributed by atoms with Crippen molar-refractivity contribution in [3.8, 4) is 11.5 Å². The summed E-state index contributed by atoms with van der Waals surface area (Å²) in [5, 5.41) is 0. The van der Waals surface area contributed by atoms with Crippen LogP contribution in [0, 0.1) is 0 Å². The van der Waals surface area contributed by atoms with Crippen molar-refractivity contribution in [1.82, 2.24) is 4.57 Å². The van der Waals surface area contributed by atoms with E-state index in [2.05, 4.69) is 4.99 Å². The maximum atomic E-state index is 12.9. The van der Waals surface area contributed by atoms with Crippen molar-refractivity contribution >= 4 is 33.4 Å². The topological polar surface area (TPSA) is 79.1 Å². The van der Waals surface area contributed by atoms with E-state index >= 15 is 0 Å². The molecule has 3 aromatic rings. The summed E-state index contributed by atoms with van der Waals surface area (Å²) in [5.74, 6) is 0.497. The quantitative estimate of drug-likeness (QED) is 0.603. The predicted octanol–water partition coefficient (Wildman–Crippen LogP) is 3.22. The van der Waals surface area contributed by atoms with E-state index in [1.807, 2.05) is 24.3 Å². The molecule has 0 radical (unpaired) electrons. The summed E-state index contributed by atoms with van der Waals surface area (Å²) < 4.78 is 18.3. The van der Waals surface area contributed by atoms with Crippen molar-refractivity contribution in [3.63, 3.8) is 0 Å². The van der Waals surface area contributed by atoms with E-state index in [4.69, 9.17) is 14.2 Å². The van der Waals surface area contributed by atoms with Gasteiger partial charge in [-0.1, -0.05) is 17.4 Å². The van der Waals surface area contributed by atoms with Gasteiger partial charge in [-0.2, -0.15) is 4.99 Å². The van der Waals surface area contributed by atoms with Crippen LogP contribution < -0.4 is 14.3 Å². The Morgan fingerprint density at radius 2 is 1.87 bits per heavy atom. The molecule has 2 heterocycles. The maximum absolute atomic E-state index is 12.9. The lowest BCUT2D eigenvalue weighted by Crippen LogP contribution is -2.22. The number of fused-ring (bicyclic) bond motifs is 3. The molecule has 1 amide bonds. The standard InChI is InChI=1S/C22H20N2O5S/c1-27-20(25)11-24-16-9-17-18(29-12-28-17)10-19(16)30-22(24)23-21(26)15-7-6-13-4-2-3-5-14(13)8-15/h6-10H,2-5,11-12H2,1H3. The number of carbonyl (C=O) groups is 2. The second kappa shape index (κ2) is 7.60. The van der Waals surface area contributed by atoms with Gasteiger partial charge in [-0.15, -0.1) is 0 Å². The van der Waals surface area contributed by atoms with Crippen LogP contribution in [0.4, 0.5) is 0 Å². The minimum atomic E-state index is -0.421. The normalized spacial score (nSPS) is 15.3. The zero-order valence-electron chi connectivity index (χ0n) is 16.5. The maximum Gasteiger partial charge on any atom is 0.325 e. The van der Waals surface area contributed by atoms with Crippen molar-refractivity contribution in [2.45, 2.75) is 32.2 Å². The number of aryl methyl sites for hydroxylation is 2. The van der Waals surface area contributed by atoms with Gasteiger partial charge in [0.25, 0.3) is 5.91 Å². The third-order valence-electron chi connectivity index (χ3n) is 5.48. The average Bonchev–Trinajstić information content (AvgIpc) is 3.35. The first-order valence-corrected chi connectivity index (χ1v) is 10.6. The van der Waals surface area contributed by atoms with Crippen LogP contribution in [0.1, 0.15) is 34.3 Å². The molecule has 1 aliphatic heterocycles. The molecule has 1 aliphatic carbocycles. The van der Waals surface area contributed by atoms with Crippen molar-refractivity contribution in [1.29, 1.82) is 0 Å². The fourth-order valence-electron chi connectivity index (χ4n) is 3.91. The molecule has 7 nitrogen and oxygen atoms in total. The summed E-state index contributed by atoms with van der Waals surface area (Å²) in [6.45, 7) is 0.115. The molecule has 0 N–H and O–H groups in total. The summed E-state index contributed by atoms with van der Waals surface area (Å²) in [6.07, 6.45) is 4.39. The van der Waals surface area contributed by atoms with E-state index in [0.717, 1.165) is 29.5 Å². The van der Waals surface area contributed by atoms with Gasteiger partial charge in [0.1, 0.15) is 6.54 Å². The SMILES string of the molecule is COC(=O)Cn1c(=NC(=O)c2ccc3c(c2)CCCC3)sc2cc3c(cc21)OCO3. The van der Waals surface area contributed by atoms with Crippen LogP contribution in [0.15, 0.2) is 35.3 Å². The van der Waals surface area contributed by atoms with Crippen LogP contribution >= 0.6 is 11.3 Å². The zero-order chi connectivity index (χ0) is 20.7. The summed E-state index contributed by atoms with van der Waals surface area (Å²) in [6, 6.07) is 9.47. The smallest absolute Gasteiger partial charge is 0.325 e. The van der Waals surface area contributed by atoms with Crippen LogP contribution in [0.5, 0.6) is 11.5 Å². The van der Waals surface area contributed by atoms with Crippen molar-refractivity contribution in [3.05, 3.63) is 51.8 Å². The highest BCUT2D eigenvalue weighted by Gasteiger charge is 2.20. The first-order chi connectivity index (χ1) is 14.6. The molecule has 0 spiro atoms. The van der Waals surface area contributed by atoms with Crippen LogP contribution in [0.2, 0.25) is 0 Å². The molecule has 154 valence electrons. The molecule has 2 aliphatic rings. The Kier molecular flexibility index (Phi) is 4.78. The molecule has 0 bridgehead atoms. The number of carbonyl (C=O) groups excluding carboxylic acids is 2. The van der Waals surface area contributed by atoms with E-state index < -0.39 is 5.97 Å². The third-order valence-corrected chi connectivity index (χ3v) is 6.53. The lowest BCUT2D eigenvalue weighted by atomic mass is 9.90. The van der Waals surface area contributed by atoms with Crippen molar-refractivity contribution in [2.24, 2.45) is 4.99 Å². The fraction of sp³-hybridized carbons (Fsp3) is 0.318. The van der Waals surface area contributed by atoms with Gasteiger partial charge in [-0.3, -0.25) is 9.59 Å². The molecule has 0 atom stereocenters. The Morgan fingerprint density at radius 3 is 2.67 bits per heavy atom. The monoisotopic (exact) mass is 424 g/mol. The Labute approximate surface area is 176 Å². The van der Waals surface area contributed by atoms with E-state index in [9.17, 15) is 9.59 Å². The molecule has 30 heavy (non-hydrogen) atoms. The highest BCUT2D eigenvalue weighted by Crippen LogP contribution is 2.37. The Balaban J connectivity index is 1.60. The largest absolute Gasteiger partial charge is 0.468 e. The van der Waals surface area contributed by atoms with Gasteiger partial charge in [-0.05, 0) is 48.9 Å². The van der Waals surface area contributed by atoms with E-state index in [1.54, 1.807) is 10.6 Å². The van der Waals surface area contributed by atoms with Crippen LogP contribution in [0.3, 0.4) is 0 Å². The lowest BCUT2D eigenvalue weighted by Gasteiger charge is -2.15. The molecule has 0 saturated carbocycles. The van der Waals surface area contributed by atoms with Gasteiger partial charge >= 0.3 is 5.97 Å². The molecule has 0 unspecified atom stereocenters. The molecular formula is C22H20N2O5S. The molecule has 5 rings (SSSR count). The molecule has 0 fully saturated rings. The summed E-state index contributed by atoms with van der Waals surface area (Å²) in [5.41, 5.74) is 3.85. The number of ether oxygens (including phenoxy) is 3. The number of aromatic nitrogens is 1. The van der Waals surface area contributed by atoms with Crippen molar-refractivity contribution in [2.75, 3.05) is 13.9 Å². The first-order valence-electron chi connectivity index (χ1n) is 9.83. The number of thiazole rings is 1. The molecule has 2 aromatic carbocycles. The van der Waals surface area contributed by atoms with Crippen LogP contribution in [-0.2, 0) is 28.9 Å².